The summed E-state index contributed by atoms with van der Waals surface area (Å²) in [5.74, 6) is 2.28. The molecule has 1 N–H and O–H groups in total. The highest BCUT2D eigenvalue weighted by atomic mass is 35.5. The van der Waals surface area contributed by atoms with Gasteiger partial charge in [-0.3, -0.25) is 5.26 Å². The van der Waals surface area contributed by atoms with E-state index < -0.39 is 0 Å². The first-order valence-electron chi connectivity index (χ1n) is 8.94. The Morgan fingerprint density at radius 1 is 1.00 bits per heavy atom. The zero-order chi connectivity index (χ0) is 14.9. The van der Waals surface area contributed by atoms with Crippen LogP contribution in [0.2, 0.25) is 0 Å². The number of benzene rings is 1. The molecule has 1 aliphatic carbocycles. The summed E-state index contributed by atoms with van der Waals surface area (Å²) in [6.45, 7) is 3.60. The molecule has 1 saturated carbocycles. The molecule has 4 aliphatic rings. The molecule has 1 aromatic carbocycles. The Hall–Kier alpha value is -0.610. The number of nitrogens with zero attached hydrogens (tertiary/aromatic N) is 1. The second-order valence-corrected chi connectivity index (χ2v) is 7.48. The van der Waals surface area contributed by atoms with Crippen LogP contribution in [0.1, 0.15) is 43.6 Å². The zero-order valence-electron chi connectivity index (χ0n) is 13.6. The molecule has 4 atom stereocenters. The van der Waals surface area contributed by atoms with Gasteiger partial charge in [-0.25, -0.2) is 4.89 Å². The maximum Gasteiger partial charge on any atom is 0.100 e. The molecule has 3 saturated heterocycles. The standard InChI is InChI=1S/C19H27NO2.ClH/c21-22-19(18-13-20-11-9-15(18)10-12-20)17-8-4-7-16(17)14-5-2-1-3-6-14;/h1-3,5-6,15-19,21H,4,7-13H2;1H. The van der Waals surface area contributed by atoms with Crippen LogP contribution in [0.4, 0.5) is 0 Å². The van der Waals surface area contributed by atoms with Gasteiger partial charge in [0.2, 0.25) is 0 Å². The van der Waals surface area contributed by atoms with E-state index in [1.807, 2.05) is 0 Å². The first-order valence-corrected chi connectivity index (χ1v) is 8.94. The van der Waals surface area contributed by atoms with Crippen LogP contribution in [0, 0.1) is 17.8 Å². The first kappa shape index (κ1) is 17.2. The van der Waals surface area contributed by atoms with E-state index in [9.17, 15) is 5.26 Å². The van der Waals surface area contributed by atoms with Gasteiger partial charge in [0.25, 0.3) is 0 Å². The van der Waals surface area contributed by atoms with Crippen LogP contribution >= 0.6 is 12.4 Å². The minimum Gasteiger partial charge on any atom is -0.303 e. The van der Waals surface area contributed by atoms with Crippen molar-refractivity contribution in [3.8, 4) is 0 Å². The molecule has 0 aromatic heterocycles. The summed E-state index contributed by atoms with van der Waals surface area (Å²) >= 11 is 0. The van der Waals surface area contributed by atoms with Gasteiger partial charge < -0.3 is 4.90 Å². The van der Waals surface area contributed by atoms with Crippen LogP contribution in [-0.2, 0) is 4.89 Å². The van der Waals surface area contributed by atoms with Crippen molar-refractivity contribution in [2.24, 2.45) is 17.8 Å². The highest BCUT2D eigenvalue weighted by molar-refractivity contribution is 5.85. The third kappa shape index (κ3) is 3.30. The van der Waals surface area contributed by atoms with Gasteiger partial charge in [0.1, 0.15) is 6.10 Å². The molecule has 5 rings (SSSR count). The summed E-state index contributed by atoms with van der Waals surface area (Å²) in [4.78, 5) is 7.71. The summed E-state index contributed by atoms with van der Waals surface area (Å²) in [5.41, 5.74) is 1.42. The Morgan fingerprint density at radius 3 is 2.35 bits per heavy atom. The Morgan fingerprint density at radius 2 is 1.74 bits per heavy atom. The van der Waals surface area contributed by atoms with Crippen LogP contribution < -0.4 is 0 Å². The van der Waals surface area contributed by atoms with E-state index in [0.717, 1.165) is 12.5 Å². The lowest BCUT2D eigenvalue weighted by molar-refractivity contribution is -0.311. The molecule has 4 unspecified atom stereocenters. The molecule has 0 spiro atoms. The predicted molar refractivity (Wildman–Crippen MR) is 93.9 cm³/mol. The van der Waals surface area contributed by atoms with Crippen molar-refractivity contribution in [1.82, 2.24) is 4.90 Å². The monoisotopic (exact) mass is 337 g/mol. The minimum atomic E-state index is 0. The number of hydrogen-bond donors (Lipinski definition) is 1. The summed E-state index contributed by atoms with van der Waals surface area (Å²) in [6.07, 6.45) is 6.26. The van der Waals surface area contributed by atoms with Gasteiger partial charge in [-0.05, 0) is 62.1 Å². The van der Waals surface area contributed by atoms with Crippen LogP contribution in [-0.4, -0.2) is 35.9 Å². The molecule has 3 heterocycles. The lowest BCUT2D eigenvalue weighted by atomic mass is 9.70. The maximum absolute atomic E-state index is 9.71. The molecule has 3 nitrogen and oxygen atoms in total. The fourth-order valence-corrected chi connectivity index (χ4v) is 5.35. The number of fused-ring (bicyclic) bond motifs is 3. The van der Waals surface area contributed by atoms with E-state index in [1.54, 1.807) is 0 Å². The smallest absolute Gasteiger partial charge is 0.100 e. The Bertz CT molecular complexity index is 489. The highest BCUT2D eigenvalue weighted by Crippen LogP contribution is 2.47. The van der Waals surface area contributed by atoms with Gasteiger partial charge in [-0.2, -0.15) is 0 Å². The summed E-state index contributed by atoms with van der Waals surface area (Å²) in [5, 5.41) is 9.71. The van der Waals surface area contributed by atoms with Crippen LogP contribution in [0.3, 0.4) is 0 Å². The van der Waals surface area contributed by atoms with Crippen LogP contribution in [0.15, 0.2) is 30.3 Å². The zero-order valence-corrected chi connectivity index (χ0v) is 14.5. The molecule has 0 radical (unpaired) electrons. The van der Waals surface area contributed by atoms with Crippen LogP contribution in [0.25, 0.3) is 0 Å². The van der Waals surface area contributed by atoms with E-state index in [4.69, 9.17) is 4.89 Å². The van der Waals surface area contributed by atoms with Gasteiger partial charge in [0, 0.05) is 12.5 Å². The highest BCUT2D eigenvalue weighted by Gasteiger charge is 2.45. The molecule has 4 heteroatoms. The molecule has 1 aromatic rings. The van der Waals surface area contributed by atoms with Crippen molar-refractivity contribution < 1.29 is 10.1 Å². The van der Waals surface area contributed by atoms with E-state index in [-0.39, 0.29) is 18.5 Å². The van der Waals surface area contributed by atoms with E-state index >= 15 is 0 Å². The van der Waals surface area contributed by atoms with Crippen molar-refractivity contribution in [2.45, 2.75) is 44.1 Å². The van der Waals surface area contributed by atoms with Crippen molar-refractivity contribution in [2.75, 3.05) is 19.6 Å². The van der Waals surface area contributed by atoms with Gasteiger partial charge in [-0.1, -0.05) is 36.8 Å². The second-order valence-electron chi connectivity index (χ2n) is 7.48. The van der Waals surface area contributed by atoms with Crippen LogP contribution in [0.5, 0.6) is 0 Å². The topological polar surface area (TPSA) is 32.7 Å². The Labute approximate surface area is 145 Å². The average molecular weight is 338 g/mol. The summed E-state index contributed by atoms with van der Waals surface area (Å²) in [6, 6.07) is 10.8. The van der Waals surface area contributed by atoms with Gasteiger partial charge in [-0.15, -0.1) is 12.4 Å². The number of piperidine rings is 3. The van der Waals surface area contributed by atoms with E-state index in [1.165, 1.54) is 50.8 Å². The van der Waals surface area contributed by atoms with Gasteiger partial charge in [0.15, 0.2) is 0 Å². The fraction of sp³-hybridized carbons (Fsp3) is 0.684. The molecule has 2 bridgehead atoms. The molecule has 4 fully saturated rings. The van der Waals surface area contributed by atoms with Crippen molar-refractivity contribution in [3.63, 3.8) is 0 Å². The Balaban J connectivity index is 0.00000156. The van der Waals surface area contributed by atoms with Gasteiger partial charge in [0.05, 0.1) is 0 Å². The molecule has 128 valence electrons. The second kappa shape index (κ2) is 7.52. The maximum atomic E-state index is 9.71. The number of hydrogen-bond acceptors (Lipinski definition) is 3. The molecule has 0 amide bonds. The molecule has 23 heavy (non-hydrogen) atoms. The quantitative estimate of drug-likeness (QED) is 0.660. The summed E-state index contributed by atoms with van der Waals surface area (Å²) in [7, 11) is 0. The third-order valence-corrected chi connectivity index (χ3v) is 6.47. The normalized spacial score (nSPS) is 37.3. The van der Waals surface area contributed by atoms with E-state index in [0.29, 0.717) is 17.8 Å². The minimum absolute atomic E-state index is 0. The fourth-order valence-electron chi connectivity index (χ4n) is 5.35. The van der Waals surface area contributed by atoms with Crippen molar-refractivity contribution in [1.29, 1.82) is 0 Å². The average Bonchev–Trinajstić information content (AvgIpc) is 3.07. The lowest BCUT2D eigenvalue weighted by Gasteiger charge is -2.48. The molecular weight excluding hydrogens is 310 g/mol. The lowest BCUT2D eigenvalue weighted by Crippen LogP contribution is -2.53. The number of halogens is 1. The van der Waals surface area contributed by atoms with E-state index in [2.05, 4.69) is 35.2 Å². The SMILES string of the molecule is Cl.OOC(C1CN2CCC1CC2)C1CCCC1c1ccccc1. The van der Waals surface area contributed by atoms with Gasteiger partial charge >= 0.3 is 0 Å². The predicted octanol–water partition coefficient (Wildman–Crippen LogP) is 4.19. The van der Waals surface area contributed by atoms with Crippen molar-refractivity contribution >= 4 is 12.4 Å². The molecular formula is C19H28ClNO2. The Kier molecular flexibility index (Phi) is 5.63. The summed E-state index contributed by atoms with van der Waals surface area (Å²) < 4.78 is 0. The third-order valence-electron chi connectivity index (χ3n) is 6.47. The number of rotatable bonds is 4. The largest absolute Gasteiger partial charge is 0.303 e. The first-order chi connectivity index (χ1) is 10.9. The van der Waals surface area contributed by atoms with Crippen molar-refractivity contribution in [3.05, 3.63) is 35.9 Å². The molecule has 3 aliphatic heterocycles.